The zero-order chi connectivity index (χ0) is 12.7. The summed E-state index contributed by atoms with van der Waals surface area (Å²) in [7, 11) is 0. The van der Waals surface area contributed by atoms with Gasteiger partial charge < -0.3 is 5.11 Å². The van der Waals surface area contributed by atoms with E-state index >= 15 is 0 Å². The molecule has 0 bridgehead atoms. The Morgan fingerprint density at radius 2 is 1.88 bits per heavy atom. The highest BCUT2D eigenvalue weighted by molar-refractivity contribution is 5.28. The van der Waals surface area contributed by atoms with Crippen molar-refractivity contribution in [1.29, 1.82) is 0 Å². The maximum absolute atomic E-state index is 13.6. The molecule has 0 aromatic heterocycles. The topological polar surface area (TPSA) is 20.2 Å². The smallest absolute Gasteiger partial charge is 0.390 e. The highest BCUT2D eigenvalue weighted by Crippen LogP contribution is 2.40. The zero-order valence-corrected chi connectivity index (χ0v) is 9.02. The van der Waals surface area contributed by atoms with Gasteiger partial charge in [-0.2, -0.15) is 13.2 Å². The lowest BCUT2D eigenvalue weighted by Crippen LogP contribution is -2.12. The van der Waals surface area contributed by atoms with Crippen LogP contribution in [-0.4, -0.2) is 10.7 Å². The number of aliphatic hydroxyl groups is 1. The van der Waals surface area contributed by atoms with E-state index in [4.69, 9.17) is 0 Å². The number of alkyl halides is 3. The van der Waals surface area contributed by atoms with Crippen molar-refractivity contribution in [3.05, 3.63) is 35.1 Å². The van der Waals surface area contributed by atoms with Crippen molar-refractivity contribution in [3.8, 4) is 0 Å². The van der Waals surface area contributed by atoms with Crippen LogP contribution in [0.5, 0.6) is 0 Å². The van der Waals surface area contributed by atoms with Crippen LogP contribution in [0, 0.1) is 5.82 Å². The van der Waals surface area contributed by atoms with Crippen LogP contribution < -0.4 is 0 Å². The molecule has 0 heterocycles. The van der Waals surface area contributed by atoms with E-state index in [0.29, 0.717) is 19.3 Å². The molecule has 0 atom stereocenters. The second-order valence-corrected chi connectivity index (χ2v) is 4.50. The summed E-state index contributed by atoms with van der Waals surface area (Å²) in [5, 5.41) is 9.57. The van der Waals surface area contributed by atoms with E-state index in [-0.39, 0.29) is 12.0 Å². The molecule has 1 aliphatic rings. The Hall–Kier alpha value is -1.10. The number of hydrogen-bond acceptors (Lipinski definition) is 1. The fourth-order valence-electron chi connectivity index (χ4n) is 1.75. The predicted octanol–water partition coefficient (Wildman–Crippen LogP) is 3.30. The Morgan fingerprint density at radius 1 is 1.24 bits per heavy atom. The largest absolute Gasteiger partial charge is 0.419 e. The lowest BCUT2D eigenvalue weighted by atomic mass is 10.0. The zero-order valence-electron chi connectivity index (χ0n) is 9.02. The molecule has 0 radical (unpaired) electrons. The molecule has 0 spiro atoms. The van der Waals surface area contributed by atoms with Crippen LogP contribution >= 0.6 is 0 Å². The average Bonchev–Trinajstić information content (AvgIpc) is 2.94. The van der Waals surface area contributed by atoms with Gasteiger partial charge in [-0.1, -0.05) is 12.1 Å². The van der Waals surface area contributed by atoms with Crippen molar-refractivity contribution in [2.24, 2.45) is 0 Å². The summed E-state index contributed by atoms with van der Waals surface area (Å²) in [5.74, 6) is -1.22. The number of hydrogen-bond donors (Lipinski definition) is 1. The summed E-state index contributed by atoms with van der Waals surface area (Å²) in [5.41, 5.74) is -2.00. The summed E-state index contributed by atoms with van der Waals surface area (Å²) >= 11 is 0. The molecule has 1 aromatic rings. The number of aryl methyl sites for hydroxylation is 1. The number of halogens is 4. The van der Waals surface area contributed by atoms with Gasteiger partial charge in [-0.05, 0) is 37.3 Å². The normalized spacial score (nSPS) is 18.2. The Labute approximate surface area is 96.1 Å². The minimum atomic E-state index is -4.67. The second kappa shape index (κ2) is 3.98. The summed E-state index contributed by atoms with van der Waals surface area (Å²) in [6.45, 7) is 0. The van der Waals surface area contributed by atoms with Crippen molar-refractivity contribution >= 4 is 0 Å². The molecule has 2 rings (SSSR count). The molecule has 0 saturated heterocycles. The van der Waals surface area contributed by atoms with Gasteiger partial charge in [-0.15, -0.1) is 0 Å². The number of benzene rings is 1. The Morgan fingerprint density at radius 3 is 2.41 bits per heavy atom. The third-order valence-electron chi connectivity index (χ3n) is 3.07. The van der Waals surface area contributed by atoms with Crippen molar-refractivity contribution in [2.75, 3.05) is 0 Å². The van der Waals surface area contributed by atoms with Gasteiger partial charge in [0.2, 0.25) is 0 Å². The molecule has 17 heavy (non-hydrogen) atoms. The lowest BCUT2D eigenvalue weighted by molar-refractivity contribution is -0.140. The Kier molecular flexibility index (Phi) is 2.89. The van der Waals surface area contributed by atoms with Crippen LogP contribution in [0.1, 0.15) is 30.4 Å². The summed E-state index contributed by atoms with van der Waals surface area (Å²) in [4.78, 5) is 0. The summed E-state index contributed by atoms with van der Waals surface area (Å²) in [6.07, 6.45) is -2.94. The third kappa shape index (κ3) is 2.77. The quantitative estimate of drug-likeness (QED) is 0.814. The molecule has 1 saturated carbocycles. The van der Waals surface area contributed by atoms with E-state index in [1.54, 1.807) is 0 Å². The van der Waals surface area contributed by atoms with Gasteiger partial charge >= 0.3 is 6.18 Å². The van der Waals surface area contributed by atoms with Crippen molar-refractivity contribution in [3.63, 3.8) is 0 Å². The lowest BCUT2D eigenvalue weighted by Gasteiger charge is -2.12. The monoisotopic (exact) mass is 248 g/mol. The first kappa shape index (κ1) is 12.4. The van der Waals surface area contributed by atoms with E-state index < -0.39 is 23.2 Å². The SMILES string of the molecule is OC1(CCc2cccc(C(F)(F)F)c2F)CC1. The summed E-state index contributed by atoms with van der Waals surface area (Å²) in [6, 6.07) is 3.25. The first-order valence-corrected chi connectivity index (χ1v) is 5.39. The van der Waals surface area contributed by atoms with Crippen molar-refractivity contribution in [2.45, 2.75) is 37.5 Å². The molecule has 1 fully saturated rings. The fraction of sp³-hybridized carbons (Fsp3) is 0.500. The molecule has 1 aromatic carbocycles. The van der Waals surface area contributed by atoms with E-state index in [0.717, 1.165) is 6.07 Å². The summed E-state index contributed by atoms with van der Waals surface area (Å²) < 4.78 is 50.8. The van der Waals surface area contributed by atoms with Gasteiger partial charge in [0.1, 0.15) is 5.82 Å². The van der Waals surface area contributed by atoms with Crippen LogP contribution in [0.3, 0.4) is 0 Å². The molecule has 0 aliphatic heterocycles. The van der Waals surface area contributed by atoms with Crippen LogP contribution in [-0.2, 0) is 12.6 Å². The van der Waals surface area contributed by atoms with Gasteiger partial charge in [0.15, 0.2) is 0 Å². The third-order valence-corrected chi connectivity index (χ3v) is 3.07. The molecule has 94 valence electrons. The van der Waals surface area contributed by atoms with Crippen LogP contribution in [0.15, 0.2) is 18.2 Å². The molecule has 1 aliphatic carbocycles. The predicted molar refractivity (Wildman–Crippen MR) is 53.9 cm³/mol. The van der Waals surface area contributed by atoms with Crippen LogP contribution in [0.2, 0.25) is 0 Å². The van der Waals surface area contributed by atoms with Crippen molar-refractivity contribution < 1.29 is 22.7 Å². The molecule has 0 amide bonds. The standard InChI is InChI=1S/C12H12F4O/c13-10-8(4-5-11(17)6-7-11)2-1-3-9(10)12(14,15)16/h1-3,17H,4-7H2. The maximum Gasteiger partial charge on any atom is 0.419 e. The van der Waals surface area contributed by atoms with E-state index in [1.165, 1.54) is 12.1 Å². The van der Waals surface area contributed by atoms with E-state index in [2.05, 4.69) is 0 Å². The van der Waals surface area contributed by atoms with Gasteiger partial charge in [0.25, 0.3) is 0 Å². The molecule has 1 N–H and O–H groups in total. The average molecular weight is 248 g/mol. The molecule has 5 heteroatoms. The Bertz CT molecular complexity index is 421. The van der Waals surface area contributed by atoms with Gasteiger partial charge in [-0.3, -0.25) is 0 Å². The number of rotatable bonds is 3. The Balaban J connectivity index is 2.17. The van der Waals surface area contributed by atoms with E-state index in [1.807, 2.05) is 0 Å². The maximum atomic E-state index is 13.6. The molecular formula is C12H12F4O. The first-order chi connectivity index (χ1) is 7.82. The fourth-order valence-corrected chi connectivity index (χ4v) is 1.75. The van der Waals surface area contributed by atoms with Gasteiger partial charge in [0, 0.05) is 0 Å². The van der Waals surface area contributed by atoms with E-state index in [9.17, 15) is 22.7 Å². The first-order valence-electron chi connectivity index (χ1n) is 5.39. The highest BCUT2D eigenvalue weighted by atomic mass is 19.4. The molecule has 0 unspecified atom stereocenters. The van der Waals surface area contributed by atoms with Crippen LogP contribution in [0.4, 0.5) is 17.6 Å². The molecule has 1 nitrogen and oxygen atoms in total. The second-order valence-electron chi connectivity index (χ2n) is 4.50. The minimum absolute atomic E-state index is 0.0140. The minimum Gasteiger partial charge on any atom is -0.390 e. The van der Waals surface area contributed by atoms with Crippen LogP contribution in [0.25, 0.3) is 0 Å². The van der Waals surface area contributed by atoms with Gasteiger partial charge in [-0.25, -0.2) is 4.39 Å². The highest BCUT2D eigenvalue weighted by Gasteiger charge is 2.40. The van der Waals surface area contributed by atoms with Gasteiger partial charge in [0.05, 0.1) is 11.2 Å². The molecular weight excluding hydrogens is 236 g/mol. The van der Waals surface area contributed by atoms with Crippen molar-refractivity contribution in [1.82, 2.24) is 0 Å².